The lowest BCUT2D eigenvalue weighted by Crippen LogP contribution is -2.39. The number of fused-ring (bicyclic) bond motifs is 1. The number of nitrogens with two attached hydrogens (primary N) is 1. The molecule has 0 spiro atoms. The number of imidazole rings is 1. The second kappa shape index (κ2) is 11.8. The van der Waals surface area contributed by atoms with Crippen LogP contribution in [0.15, 0.2) is 6.33 Å². The standard InChI is InChI=1S/C28H47N9/c29-22-8-10-23(11-9-22)31-28-32-26(25-27(33-28)37(20-30-25)24-6-2-3-7-24)34-36-18-13-21(14-19-36)12-17-35-15-4-1-5-16-35/h20-24H,1-19,29H2,(H2,31,32,33,34). The Morgan fingerprint density at radius 3 is 2.35 bits per heavy atom. The van der Waals surface area contributed by atoms with E-state index in [1.165, 1.54) is 83.8 Å². The molecule has 204 valence electrons. The number of hydrogen-bond donors (Lipinski definition) is 3. The van der Waals surface area contributed by atoms with Crippen LogP contribution in [0.5, 0.6) is 0 Å². The van der Waals surface area contributed by atoms with Crippen LogP contribution in [0.25, 0.3) is 11.2 Å². The molecule has 2 aliphatic heterocycles. The maximum absolute atomic E-state index is 6.15. The minimum Gasteiger partial charge on any atom is -0.351 e. The van der Waals surface area contributed by atoms with Gasteiger partial charge in [0, 0.05) is 31.2 Å². The molecular weight excluding hydrogens is 462 g/mol. The first kappa shape index (κ1) is 25.3. The zero-order valence-electron chi connectivity index (χ0n) is 22.6. The molecule has 9 nitrogen and oxygen atoms in total. The smallest absolute Gasteiger partial charge is 0.227 e. The van der Waals surface area contributed by atoms with Gasteiger partial charge in [0.05, 0.1) is 6.33 Å². The molecule has 0 bridgehead atoms. The molecule has 2 saturated heterocycles. The number of hydrazine groups is 1. The minimum atomic E-state index is 0.338. The Morgan fingerprint density at radius 1 is 0.838 bits per heavy atom. The van der Waals surface area contributed by atoms with E-state index in [1.807, 2.05) is 6.33 Å². The highest BCUT2D eigenvalue weighted by molar-refractivity contribution is 5.84. The summed E-state index contributed by atoms with van der Waals surface area (Å²) in [6, 6.07) is 1.23. The molecule has 4 N–H and O–H groups in total. The number of rotatable bonds is 8. The third kappa shape index (κ3) is 6.20. The second-order valence-corrected chi connectivity index (χ2v) is 12.1. The number of nitrogens with zero attached hydrogens (tertiary/aromatic N) is 6. The third-order valence-corrected chi connectivity index (χ3v) is 9.43. The van der Waals surface area contributed by atoms with Gasteiger partial charge in [0.25, 0.3) is 0 Å². The molecule has 9 heteroatoms. The predicted octanol–water partition coefficient (Wildman–Crippen LogP) is 4.54. The molecule has 37 heavy (non-hydrogen) atoms. The lowest BCUT2D eigenvalue weighted by molar-refractivity contribution is 0.172. The molecule has 0 atom stereocenters. The van der Waals surface area contributed by atoms with Crippen molar-refractivity contribution in [3.05, 3.63) is 6.33 Å². The first-order chi connectivity index (χ1) is 18.2. The molecule has 4 aliphatic rings. The Balaban J connectivity index is 1.13. The van der Waals surface area contributed by atoms with E-state index >= 15 is 0 Å². The topological polar surface area (TPSA) is 100 Å². The molecule has 0 amide bonds. The average Bonchev–Trinajstić information content (AvgIpc) is 3.61. The minimum absolute atomic E-state index is 0.338. The molecule has 4 fully saturated rings. The number of piperidine rings is 2. The van der Waals surface area contributed by atoms with Crippen LogP contribution in [0.4, 0.5) is 11.8 Å². The fraction of sp³-hybridized carbons (Fsp3) is 0.821. The van der Waals surface area contributed by atoms with Crippen molar-refractivity contribution in [1.29, 1.82) is 0 Å². The van der Waals surface area contributed by atoms with E-state index in [9.17, 15) is 0 Å². The first-order valence-electron chi connectivity index (χ1n) is 15.2. The van der Waals surface area contributed by atoms with Crippen molar-refractivity contribution in [2.75, 3.05) is 43.5 Å². The van der Waals surface area contributed by atoms with E-state index in [2.05, 4.69) is 25.2 Å². The van der Waals surface area contributed by atoms with E-state index in [1.54, 1.807) is 0 Å². The summed E-state index contributed by atoms with van der Waals surface area (Å²) in [6.07, 6.45) is 19.3. The van der Waals surface area contributed by atoms with Crippen LogP contribution in [-0.4, -0.2) is 74.2 Å². The van der Waals surface area contributed by atoms with Gasteiger partial charge in [-0.25, -0.2) is 9.99 Å². The van der Waals surface area contributed by atoms with Crippen LogP contribution in [0.3, 0.4) is 0 Å². The molecule has 4 heterocycles. The Labute approximate surface area is 221 Å². The van der Waals surface area contributed by atoms with Gasteiger partial charge in [-0.05, 0) is 96.2 Å². The third-order valence-electron chi connectivity index (χ3n) is 9.43. The molecule has 0 unspecified atom stereocenters. The number of likely N-dealkylation sites (tertiary alicyclic amines) is 1. The summed E-state index contributed by atoms with van der Waals surface area (Å²) in [6.45, 7) is 6.01. The monoisotopic (exact) mass is 509 g/mol. The highest BCUT2D eigenvalue weighted by atomic mass is 15.5. The first-order valence-corrected chi connectivity index (χ1v) is 15.2. The van der Waals surface area contributed by atoms with E-state index in [4.69, 9.17) is 20.7 Å². The van der Waals surface area contributed by atoms with Crippen molar-refractivity contribution < 1.29 is 0 Å². The average molecular weight is 510 g/mol. The van der Waals surface area contributed by atoms with Crippen LogP contribution in [0.2, 0.25) is 0 Å². The van der Waals surface area contributed by atoms with E-state index in [0.29, 0.717) is 18.1 Å². The zero-order chi connectivity index (χ0) is 25.0. The van der Waals surface area contributed by atoms with Gasteiger partial charge in [-0.1, -0.05) is 19.3 Å². The largest absolute Gasteiger partial charge is 0.351 e. The van der Waals surface area contributed by atoms with E-state index < -0.39 is 0 Å². The summed E-state index contributed by atoms with van der Waals surface area (Å²) >= 11 is 0. The quantitative estimate of drug-likeness (QED) is 0.477. The summed E-state index contributed by atoms with van der Waals surface area (Å²) < 4.78 is 2.31. The van der Waals surface area contributed by atoms with Crippen molar-refractivity contribution in [2.24, 2.45) is 11.7 Å². The van der Waals surface area contributed by atoms with E-state index in [0.717, 1.165) is 67.6 Å². The summed E-state index contributed by atoms with van der Waals surface area (Å²) in [5, 5.41) is 6.01. The Morgan fingerprint density at radius 2 is 1.59 bits per heavy atom. The van der Waals surface area contributed by atoms with Crippen molar-refractivity contribution in [2.45, 2.75) is 108 Å². The molecule has 2 aromatic heterocycles. The summed E-state index contributed by atoms with van der Waals surface area (Å²) in [5.41, 5.74) is 11.7. The number of aromatic nitrogens is 4. The van der Waals surface area contributed by atoms with Crippen LogP contribution < -0.4 is 16.5 Å². The van der Waals surface area contributed by atoms with Crippen LogP contribution in [-0.2, 0) is 0 Å². The molecule has 0 aromatic carbocycles. The van der Waals surface area contributed by atoms with Gasteiger partial charge >= 0.3 is 0 Å². The lowest BCUT2D eigenvalue weighted by atomic mass is 9.92. The van der Waals surface area contributed by atoms with Gasteiger partial charge < -0.3 is 25.9 Å². The van der Waals surface area contributed by atoms with Crippen LogP contribution in [0, 0.1) is 5.92 Å². The summed E-state index contributed by atoms with van der Waals surface area (Å²) in [7, 11) is 0. The van der Waals surface area contributed by atoms with Crippen molar-refractivity contribution in [1.82, 2.24) is 29.4 Å². The Hall–Kier alpha value is -1.97. The van der Waals surface area contributed by atoms with Gasteiger partial charge in [0.1, 0.15) is 0 Å². The molecule has 2 saturated carbocycles. The second-order valence-electron chi connectivity index (χ2n) is 12.1. The van der Waals surface area contributed by atoms with Gasteiger partial charge in [0.15, 0.2) is 17.0 Å². The van der Waals surface area contributed by atoms with Gasteiger partial charge in [-0.2, -0.15) is 9.97 Å². The van der Waals surface area contributed by atoms with Gasteiger partial charge in [-0.15, -0.1) is 0 Å². The molecule has 6 rings (SSSR count). The summed E-state index contributed by atoms with van der Waals surface area (Å²) in [5.74, 6) is 2.41. The van der Waals surface area contributed by atoms with Crippen LogP contribution >= 0.6 is 0 Å². The van der Waals surface area contributed by atoms with Crippen molar-refractivity contribution in [3.63, 3.8) is 0 Å². The summed E-state index contributed by atoms with van der Waals surface area (Å²) in [4.78, 5) is 17.5. The van der Waals surface area contributed by atoms with Crippen molar-refractivity contribution in [3.8, 4) is 0 Å². The van der Waals surface area contributed by atoms with Crippen molar-refractivity contribution >= 4 is 22.9 Å². The maximum Gasteiger partial charge on any atom is 0.227 e. The normalized spacial score (nSPS) is 27.2. The fourth-order valence-corrected chi connectivity index (χ4v) is 6.99. The van der Waals surface area contributed by atoms with E-state index in [-0.39, 0.29) is 0 Å². The molecule has 2 aliphatic carbocycles. The van der Waals surface area contributed by atoms with Crippen LogP contribution in [0.1, 0.15) is 95.9 Å². The Kier molecular flexibility index (Phi) is 8.09. The number of hydrogen-bond acceptors (Lipinski definition) is 8. The maximum atomic E-state index is 6.15. The molecule has 2 aromatic rings. The number of nitrogens with one attached hydrogen (secondary N) is 2. The van der Waals surface area contributed by atoms with Gasteiger partial charge in [0.2, 0.25) is 5.95 Å². The SMILES string of the molecule is NC1CCC(Nc2nc(NN3CCC(CCN4CCCCC4)CC3)c3ncn(C4CCCC4)c3n2)CC1. The fourth-order valence-electron chi connectivity index (χ4n) is 6.99. The molecular formula is C28H47N9. The highest BCUT2D eigenvalue weighted by Gasteiger charge is 2.26. The Bertz CT molecular complexity index is 994. The zero-order valence-corrected chi connectivity index (χ0v) is 22.6. The number of anilines is 2. The van der Waals surface area contributed by atoms with Gasteiger partial charge in [-0.3, -0.25) is 0 Å². The highest BCUT2D eigenvalue weighted by Crippen LogP contribution is 2.34. The predicted molar refractivity (Wildman–Crippen MR) is 150 cm³/mol. The lowest BCUT2D eigenvalue weighted by Gasteiger charge is -2.34. The molecule has 0 radical (unpaired) electrons.